The molecule has 4 aromatic rings. The molecule has 8 heteroatoms. The summed E-state index contributed by atoms with van der Waals surface area (Å²) in [5.41, 5.74) is 3.32. The second kappa shape index (κ2) is 12.4. The molecule has 37 heavy (non-hydrogen) atoms. The Morgan fingerprint density at radius 1 is 1.00 bits per heavy atom. The second-order valence-corrected chi connectivity index (χ2v) is 10.7. The predicted octanol–water partition coefficient (Wildman–Crippen LogP) is 6.24. The van der Waals surface area contributed by atoms with Crippen LogP contribution in [0.1, 0.15) is 30.5 Å². The maximum atomic E-state index is 12.9. The molecular formula is C29H32Cl2N4OS. The molecule has 2 aromatic carbocycles. The fourth-order valence-corrected chi connectivity index (χ4v) is 6.24. The smallest absolute Gasteiger partial charge is 0.258 e. The Bertz CT molecular complexity index is 1410. The topological polar surface area (TPSA) is 49.6 Å². The molecule has 4 heterocycles. The van der Waals surface area contributed by atoms with Crippen LogP contribution in [0.4, 0.5) is 0 Å². The third-order valence-electron chi connectivity index (χ3n) is 7.25. The number of carbonyl (C=O) groups excluding carboxylic acids is 1. The highest BCUT2D eigenvalue weighted by molar-refractivity contribution is 8.04. The molecular weight excluding hydrogens is 523 g/mol. The van der Waals surface area contributed by atoms with E-state index in [0.717, 1.165) is 66.7 Å². The average molecular weight is 556 g/mol. The van der Waals surface area contributed by atoms with Crippen LogP contribution in [0.5, 0.6) is 0 Å². The summed E-state index contributed by atoms with van der Waals surface area (Å²) < 4.78 is 2.09. The number of thioether (sulfide) groups is 1. The van der Waals surface area contributed by atoms with E-state index in [1.807, 2.05) is 30.5 Å². The highest BCUT2D eigenvalue weighted by Gasteiger charge is 2.23. The van der Waals surface area contributed by atoms with Gasteiger partial charge in [0, 0.05) is 6.54 Å². The van der Waals surface area contributed by atoms with E-state index in [9.17, 15) is 4.79 Å². The normalized spacial score (nSPS) is 15.6. The minimum absolute atomic E-state index is 0. The van der Waals surface area contributed by atoms with Gasteiger partial charge in [-0.2, -0.15) is 0 Å². The summed E-state index contributed by atoms with van der Waals surface area (Å²) in [4.78, 5) is 20.6. The van der Waals surface area contributed by atoms with Crippen LogP contribution in [0, 0.1) is 5.92 Å². The van der Waals surface area contributed by atoms with Crippen LogP contribution in [0.25, 0.3) is 22.5 Å². The molecule has 6 rings (SSSR count). The first-order chi connectivity index (χ1) is 17.2. The predicted molar refractivity (Wildman–Crippen MR) is 158 cm³/mol. The Balaban J connectivity index is 0.00000160. The number of carbonyl (C=O) groups is 1. The number of aromatic nitrogens is 2. The van der Waals surface area contributed by atoms with Crippen LogP contribution < -0.4 is 5.32 Å². The standard InChI is InChI=1S/C29H30N4OS.2ClH/c34-29(26-18-25-20-30-27-8-3-9-28(35-26)33(25)27)31-19-22-12-15-32(16-13-22)14-4-5-21-10-11-23-6-1-2-7-24(23)17-21;;/h1-3,6-11,17-18,20,22H,4-5,12-16,19H2,(H,31,34);2*1H. The number of imidazole rings is 1. The Morgan fingerprint density at radius 3 is 2.65 bits per heavy atom. The Hall–Kier alpha value is -2.51. The molecule has 2 aliphatic rings. The van der Waals surface area contributed by atoms with E-state index in [-0.39, 0.29) is 30.7 Å². The second-order valence-electron chi connectivity index (χ2n) is 9.63. The lowest BCUT2D eigenvalue weighted by Gasteiger charge is -2.32. The fourth-order valence-electron chi connectivity index (χ4n) is 5.24. The SMILES string of the molecule is Cl.Cl.O=C(NCC1CCN(CCCc2ccc3ccccc3c2)CC1)C1=Cc2cnc3cccc(n23)S1. The van der Waals surface area contributed by atoms with Gasteiger partial charge >= 0.3 is 0 Å². The summed E-state index contributed by atoms with van der Waals surface area (Å²) in [7, 11) is 0. The van der Waals surface area contributed by atoms with E-state index in [4.69, 9.17) is 0 Å². The minimum Gasteiger partial charge on any atom is -0.351 e. The zero-order chi connectivity index (χ0) is 23.6. The number of amides is 1. The summed E-state index contributed by atoms with van der Waals surface area (Å²) in [5.74, 6) is 0.580. The molecule has 5 nitrogen and oxygen atoms in total. The van der Waals surface area contributed by atoms with Crippen molar-refractivity contribution in [2.75, 3.05) is 26.2 Å². The van der Waals surface area contributed by atoms with Gasteiger partial charge in [-0.05, 0) is 85.8 Å². The van der Waals surface area contributed by atoms with Gasteiger partial charge in [0.05, 0.1) is 21.8 Å². The van der Waals surface area contributed by atoms with Crippen molar-refractivity contribution in [3.05, 3.63) is 83.0 Å². The molecule has 194 valence electrons. The Morgan fingerprint density at radius 2 is 1.81 bits per heavy atom. The number of halogens is 2. The average Bonchev–Trinajstić information content (AvgIpc) is 3.32. The van der Waals surface area contributed by atoms with Gasteiger partial charge in [0.15, 0.2) is 0 Å². The highest BCUT2D eigenvalue weighted by Crippen LogP contribution is 2.34. The minimum atomic E-state index is 0. The molecule has 0 atom stereocenters. The zero-order valence-electron chi connectivity index (χ0n) is 20.6. The molecule has 0 aliphatic carbocycles. The van der Waals surface area contributed by atoms with E-state index in [0.29, 0.717) is 5.92 Å². The van der Waals surface area contributed by atoms with Crippen molar-refractivity contribution >= 4 is 65.0 Å². The van der Waals surface area contributed by atoms with Crippen molar-refractivity contribution in [1.82, 2.24) is 19.6 Å². The first-order valence-electron chi connectivity index (χ1n) is 12.6. The number of benzene rings is 2. The van der Waals surface area contributed by atoms with Crippen LogP contribution in [0.15, 0.2) is 76.8 Å². The van der Waals surface area contributed by atoms with Gasteiger partial charge in [-0.25, -0.2) is 4.98 Å². The van der Waals surface area contributed by atoms with Gasteiger partial charge in [0.2, 0.25) is 0 Å². The number of hydrogen-bond donors (Lipinski definition) is 1. The quantitative estimate of drug-likeness (QED) is 0.294. The molecule has 0 spiro atoms. The number of likely N-dealkylation sites (tertiary alicyclic amines) is 1. The number of hydrogen-bond acceptors (Lipinski definition) is 4. The lowest BCUT2D eigenvalue weighted by molar-refractivity contribution is -0.117. The third kappa shape index (κ3) is 6.15. The van der Waals surface area contributed by atoms with Crippen molar-refractivity contribution in [1.29, 1.82) is 0 Å². The molecule has 2 aliphatic heterocycles. The number of aryl methyl sites for hydroxylation is 1. The number of rotatable bonds is 7. The molecule has 1 amide bonds. The summed E-state index contributed by atoms with van der Waals surface area (Å²) in [6.45, 7) is 4.15. The van der Waals surface area contributed by atoms with Crippen LogP contribution in [0.3, 0.4) is 0 Å². The molecule has 1 N–H and O–H groups in total. The number of pyridine rings is 1. The maximum absolute atomic E-state index is 12.9. The zero-order valence-corrected chi connectivity index (χ0v) is 23.1. The molecule has 0 bridgehead atoms. The summed E-state index contributed by atoms with van der Waals surface area (Å²) >= 11 is 1.52. The van der Waals surface area contributed by atoms with Crippen molar-refractivity contribution in [3.63, 3.8) is 0 Å². The first kappa shape index (κ1) is 27.5. The number of nitrogens with zero attached hydrogens (tertiary/aromatic N) is 3. The number of nitrogens with one attached hydrogen (secondary N) is 1. The largest absolute Gasteiger partial charge is 0.351 e. The van der Waals surface area contributed by atoms with Gasteiger partial charge in [0.1, 0.15) is 5.65 Å². The van der Waals surface area contributed by atoms with Crippen molar-refractivity contribution in [2.24, 2.45) is 5.92 Å². The summed E-state index contributed by atoms with van der Waals surface area (Å²) in [6, 6.07) is 21.4. The van der Waals surface area contributed by atoms with E-state index in [1.54, 1.807) is 0 Å². The van der Waals surface area contributed by atoms with Gasteiger partial charge < -0.3 is 10.2 Å². The van der Waals surface area contributed by atoms with E-state index < -0.39 is 0 Å². The third-order valence-corrected chi connectivity index (χ3v) is 8.30. The summed E-state index contributed by atoms with van der Waals surface area (Å²) in [5, 5.41) is 6.88. The van der Waals surface area contributed by atoms with E-state index >= 15 is 0 Å². The summed E-state index contributed by atoms with van der Waals surface area (Å²) in [6.07, 6.45) is 8.39. The van der Waals surface area contributed by atoms with Crippen LogP contribution in [-0.4, -0.2) is 46.4 Å². The van der Waals surface area contributed by atoms with Crippen LogP contribution in [-0.2, 0) is 11.2 Å². The first-order valence-corrected chi connectivity index (χ1v) is 13.4. The van der Waals surface area contributed by atoms with Crippen molar-refractivity contribution in [3.8, 4) is 0 Å². The van der Waals surface area contributed by atoms with Gasteiger partial charge in [-0.15, -0.1) is 24.8 Å². The van der Waals surface area contributed by atoms with Gasteiger partial charge in [-0.3, -0.25) is 9.20 Å². The van der Waals surface area contributed by atoms with Crippen molar-refractivity contribution < 1.29 is 4.79 Å². The molecule has 0 unspecified atom stereocenters. The molecule has 1 saturated heterocycles. The van der Waals surface area contributed by atoms with Gasteiger partial charge in [-0.1, -0.05) is 60.3 Å². The lowest BCUT2D eigenvalue weighted by Crippen LogP contribution is -2.39. The highest BCUT2D eigenvalue weighted by atomic mass is 35.5. The van der Waals surface area contributed by atoms with E-state index in [1.165, 1.54) is 34.5 Å². The molecule has 0 radical (unpaired) electrons. The van der Waals surface area contributed by atoms with Gasteiger partial charge in [0.25, 0.3) is 5.91 Å². The Labute approximate surface area is 234 Å². The number of piperidine rings is 1. The molecule has 0 saturated carbocycles. The lowest BCUT2D eigenvalue weighted by atomic mass is 9.96. The fraction of sp³-hybridized carbons (Fsp3) is 0.310. The maximum Gasteiger partial charge on any atom is 0.258 e. The Kier molecular flexibility index (Phi) is 9.19. The molecule has 1 fully saturated rings. The monoisotopic (exact) mass is 554 g/mol. The van der Waals surface area contributed by atoms with Crippen LogP contribution in [0.2, 0.25) is 0 Å². The number of fused-ring (bicyclic) bond motifs is 1. The van der Waals surface area contributed by atoms with Crippen molar-refractivity contribution in [2.45, 2.75) is 30.7 Å². The van der Waals surface area contributed by atoms with Crippen LogP contribution >= 0.6 is 36.6 Å². The van der Waals surface area contributed by atoms with E-state index in [2.05, 4.69) is 62.1 Å². The molecule has 2 aromatic heterocycles.